The SMILES string of the molecule is Fc1cc(C2=CC3CCCC(C2)N3)cc(C(F)(F)F)c1. The maximum absolute atomic E-state index is 13.5. The zero-order valence-corrected chi connectivity index (χ0v) is 10.8. The van der Waals surface area contributed by atoms with Gasteiger partial charge >= 0.3 is 6.18 Å². The summed E-state index contributed by atoms with van der Waals surface area (Å²) < 4.78 is 51.7. The van der Waals surface area contributed by atoms with Gasteiger partial charge in [0.15, 0.2) is 0 Å². The predicted octanol–water partition coefficient (Wildman–Crippen LogP) is 4.14. The van der Waals surface area contributed by atoms with Crippen molar-refractivity contribution < 1.29 is 17.6 Å². The Morgan fingerprint density at radius 3 is 2.60 bits per heavy atom. The summed E-state index contributed by atoms with van der Waals surface area (Å²) in [7, 11) is 0. The molecule has 2 heterocycles. The minimum atomic E-state index is -4.51. The summed E-state index contributed by atoms with van der Waals surface area (Å²) >= 11 is 0. The van der Waals surface area contributed by atoms with Crippen molar-refractivity contribution in [3.63, 3.8) is 0 Å². The smallest absolute Gasteiger partial charge is 0.307 e. The molecular weight excluding hydrogens is 270 g/mol. The van der Waals surface area contributed by atoms with Crippen molar-refractivity contribution in [2.24, 2.45) is 0 Å². The van der Waals surface area contributed by atoms with Gasteiger partial charge in [0.25, 0.3) is 0 Å². The molecular formula is C15H15F4N. The van der Waals surface area contributed by atoms with Crippen molar-refractivity contribution in [3.8, 4) is 0 Å². The maximum atomic E-state index is 13.5. The molecule has 2 unspecified atom stereocenters. The number of hydrogen-bond donors (Lipinski definition) is 1. The van der Waals surface area contributed by atoms with Gasteiger partial charge in [-0.1, -0.05) is 12.5 Å². The molecule has 0 aliphatic carbocycles. The summed E-state index contributed by atoms with van der Waals surface area (Å²) in [5, 5.41) is 3.42. The Morgan fingerprint density at radius 1 is 1.10 bits per heavy atom. The number of fused-ring (bicyclic) bond motifs is 2. The van der Waals surface area contributed by atoms with Gasteiger partial charge in [-0.25, -0.2) is 4.39 Å². The minimum Gasteiger partial charge on any atom is -0.307 e. The van der Waals surface area contributed by atoms with Gasteiger partial charge in [0.1, 0.15) is 5.82 Å². The van der Waals surface area contributed by atoms with E-state index in [1.165, 1.54) is 6.07 Å². The third-order valence-electron chi connectivity index (χ3n) is 3.98. The van der Waals surface area contributed by atoms with Crippen molar-refractivity contribution in [1.82, 2.24) is 5.32 Å². The second kappa shape index (κ2) is 4.88. The first-order chi connectivity index (χ1) is 9.41. The molecule has 1 nitrogen and oxygen atoms in total. The van der Waals surface area contributed by atoms with E-state index in [0.717, 1.165) is 30.9 Å². The zero-order valence-electron chi connectivity index (χ0n) is 10.8. The second-order valence-electron chi connectivity index (χ2n) is 5.52. The van der Waals surface area contributed by atoms with Gasteiger partial charge in [-0.05, 0) is 48.6 Å². The van der Waals surface area contributed by atoms with Crippen LogP contribution in [0.5, 0.6) is 0 Å². The van der Waals surface area contributed by atoms with Crippen LogP contribution < -0.4 is 5.32 Å². The van der Waals surface area contributed by atoms with Gasteiger partial charge < -0.3 is 5.32 Å². The summed E-state index contributed by atoms with van der Waals surface area (Å²) in [4.78, 5) is 0. The number of rotatable bonds is 1. The van der Waals surface area contributed by atoms with Crippen molar-refractivity contribution >= 4 is 5.57 Å². The van der Waals surface area contributed by atoms with Crippen molar-refractivity contribution in [3.05, 3.63) is 41.2 Å². The first-order valence-electron chi connectivity index (χ1n) is 6.77. The van der Waals surface area contributed by atoms with Crippen LogP contribution in [0.25, 0.3) is 5.57 Å². The van der Waals surface area contributed by atoms with E-state index in [1.54, 1.807) is 0 Å². The molecule has 3 rings (SSSR count). The minimum absolute atomic E-state index is 0.204. The van der Waals surface area contributed by atoms with Gasteiger partial charge in [-0.2, -0.15) is 13.2 Å². The Morgan fingerprint density at radius 2 is 1.90 bits per heavy atom. The number of halogens is 4. The van der Waals surface area contributed by atoms with Crippen molar-refractivity contribution in [2.45, 2.75) is 43.9 Å². The lowest BCUT2D eigenvalue weighted by Crippen LogP contribution is -2.44. The molecule has 108 valence electrons. The molecule has 2 aliphatic heterocycles. The summed E-state index contributed by atoms with van der Waals surface area (Å²) in [6.45, 7) is 0. The molecule has 20 heavy (non-hydrogen) atoms. The first kappa shape index (κ1) is 13.6. The highest BCUT2D eigenvalue weighted by atomic mass is 19.4. The van der Waals surface area contributed by atoms with E-state index in [1.807, 2.05) is 6.08 Å². The fraction of sp³-hybridized carbons (Fsp3) is 0.467. The average Bonchev–Trinajstić information content (AvgIpc) is 2.36. The molecule has 0 saturated carbocycles. The van der Waals surface area contributed by atoms with E-state index in [2.05, 4.69) is 5.32 Å². The molecule has 2 bridgehead atoms. The second-order valence-corrected chi connectivity index (χ2v) is 5.52. The molecule has 2 atom stereocenters. The molecule has 0 spiro atoms. The van der Waals surface area contributed by atoms with Gasteiger partial charge in [0, 0.05) is 12.1 Å². The predicted molar refractivity (Wildman–Crippen MR) is 68.6 cm³/mol. The quantitative estimate of drug-likeness (QED) is 0.765. The molecule has 1 aromatic rings. The average molecular weight is 285 g/mol. The highest BCUT2D eigenvalue weighted by Gasteiger charge is 2.32. The monoisotopic (exact) mass is 285 g/mol. The third kappa shape index (κ3) is 2.73. The van der Waals surface area contributed by atoms with Crippen LogP contribution in [0.3, 0.4) is 0 Å². The van der Waals surface area contributed by atoms with E-state index in [4.69, 9.17) is 0 Å². The summed E-state index contributed by atoms with van der Waals surface area (Å²) in [5.74, 6) is -0.834. The van der Waals surface area contributed by atoms with Crippen LogP contribution in [0.2, 0.25) is 0 Å². The zero-order chi connectivity index (χ0) is 14.3. The molecule has 0 amide bonds. The Hall–Kier alpha value is -1.36. The topological polar surface area (TPSA) is 12.0 Å². The van der Waals surface area contributed by atoms with Crippen LogP contribution in [0.4, 0.5) is 17.6 Å². The Kier molecular flexibility index (Phi) is 3.32. The van der Waals surface area contributed by atoms with Crippen LogP contribution >= 0.6 is 0 Å². The Bertz CT molecular complexity index is 547. The molecule has 1 aromatic carbocycles. The van der Waals surface area contributed by atoms with Crippen molar-refractivity contribution in [1.29, 1.82) is 0 Å². The van der Waals surface area contributed by atoms with E-state index in [-0.39, 0.29) is 6.04 Å². The highest BCUT2D eigenvalue weighted by molar-refractivity contribution is 5.68. The van der Waals surface area contributed by atoms with Gasteiger partial charge in [0.05, 0.1) is 5.56 Å². The molecule has 0 aromatic heterocycles. The third-order valence-corrected chi connectivity index (χ3v) is 3.98. The number of nitrogens with one attached hydrogen (secondary N) is 1. The van der Waals surface area contributed by atoms with Crippen molar-refractivity contribution in [2.75, 3.05) is 0 Å². The first-order valence-corrected chi connectivity index (χ1v) is 6.77. The van der Waals surface area contributed by atoms with Crippen LogP contribution in [-0.4, -0.2) is 12.1 Å². The fourth-order valence-corrected chi connectivity index (χ4v) is 3.08. The lowest BCUT2D eigenvalue weighted by Gasteiger charge is -2.35. The lowest BCUT2D eigenvalue weighted by atomic mass is 9.84. The Labute approximate surface area is 114 Å². The van der Waals surface area contributed by atoms with Gasteiger partial charge in [0.2, 0.25) is 0 Å². The number of piperidine rings is 1. The maximum Gasteiger partial charge on any atom is 0.416 e. The standard InChI is InChI=1S/C15H15F4N/c16-12-5-9(4-11(8-12)15(17,18)19)10-6-13-2-1-3-14(7-10)20-13/h4-6,8,13-14,20H,1-3,7H2. The summed E-state index contributed by atoms with van der Waals surface area (Å²) in [5.41, 5.74) is 0.260. The number of alkyl halides is 3. The molecule has 2 aliphatic rings. The summed E-state index contributed by atoms with van der Waals surface area (Å²) in [6, 6.07) is 3.30. The number of hydrogen-bond acceptors (Lipinski definition) is 1. The molecule has 0 radical (unpaired) electrons. The van der Waals surface area contributed by atoms with E-state index >= 15 is 0 Å². The summed E-state index contributed by atoms with van der Waals surface area (Å²) in [6.07, 6.45) is 1.24. The van der Waals surface area contributed by atoms with Crippen LogP contribution in [-0.2, 0) is 6.18 Å². The number of benzene rings is 1. The van der Waals surface area contributed by atoms with Gasteiger partial charge in [-0.15, -0.1) is 0 Å². The largest absolute Gasteiger partial charge is 0.416 e. The highest BCUT2D eigenvalue weighted by Crippen LogP contribution is 2.35. The van der Waals surface area contributed by atoms with Crippen LogP contribution in [0.1, 0.15) is 36.8 Å². The normalized spacial score (nSPS) is 26.3. The molecule has 1 saturated heterocycles. The molecule has 1 N–H and O–H groups in total. The molecule has 5 heteroatoms. The van der Waals surface area contributed by atoms with Crippen LogP contribution in [0.15, 0.2) is 24.3 Å². The lowest BCUT2D eigenvalue weighted by molar-refractivity contribution is -0.137. The van der Waals surface area contributed by atoms with E-state index in [0.29, 0.717) is 24.1 Å². The van der Waals surface area contributed by atoms with E-state index < -0.39 is 17.6 Å². The fourth-order valence-electron chi connectivity index (χ4n) is 3.08. The molecule has 1 fully saturated rings. The van der Waals surface area contributed by atoms with Gasteiger partial charge in [-0.3, -0.25) is 0 Å². The Balaban J connectivity index is 1.98. The van der Waals surface area contributed by atoms with E-state index in [9.17, 15) is 17.6 Å². The van der Waals surface area contributed by atoms with Crippen LogP contribution in [0, 0.1) is 5.82 Å².